The number of piperazine rings is 1. The number of aryl methyl sites for hydroxylation is 1. The molecule has 1 aliphatic rings. The Balaban J connectivity index is 1.76. The largest absolute Gasteiger partial charge is 0.497 e. The minimum absolute atomic E-state index is 0.0442. The zero-order chi connectivity index (χ0) is 17.3. The van der Waals surface area contributed by atoms with Crippen molar-refractivity contribution in [3.63, 3.8) is 0 Å². The van der Waals surface area contributed by atoms with Crippen LogP contribution in [0.15, 0.2) is 36.5 Å². The van der Waals surface area contributed by atoms with E-state index in [9.17, 15) is 9.59 Å². The first-order chi connectivity index (χ1) is 11.5. The van der Waals surface area contributed by atoms with E-state index in [-0.39, 0.29) is 24.4 Å². The molecule has 1 aromatic heterocycles. The molecule has 0 spiro atoms. The lowest BCUT2D eigenvalue weighted by atomic mass is 10.1. The lowest BCUT2D eigenvalue weighted by Gasteiger charge is -2.39. The van der Waals surface area contributed by atoms with Crippen molar-refractivity contribution in [2.75, 3.05) is 25.1 Å². The van der Waals surface area contributed by atoms with Crippen molar-refractivity contribution >= 4 is 17.5 Å². The quantitative estimate of drug-likeness (QED) is 0.852. The molecule has 1 unspecified atom stereocenters. The van der Waals surface area contributed by atoms with E-state index in [0.717, 1.165) is 11.4 Å². The molecule has 1 fully saturated rings. The van der Waals surface area contributed by atoms with Gasteiger partial charge in [-0.2, -0.15) is 5.10 Å². The van der Waals surface area contributed by atoms with Crippen molar-refractivity contribution in [3.05, 3.63) is 42.2 Å². The summed E-state index contributed by atoms with van der Waals surface area (Å²) in [7, 11) is 3.36. The number of benzene rings is 1. The Morgan fingerprint density at radius 2 is 1.96 bits per heavy atom. The third-order valence-corrected chi connectivity index (χ3v) is 4.16. The number of methoxy groups -OCH3 is 1. The molecule has 0 N–H and O–H groups in total. The monoisotopic (exact) mass is 328 g/mol. The average Bonchev–Trinajstić information content (AvgIpc) is 3.02. The van der Waals surface area contributed by atoms with E-state index < -0.39 is 0 Å². The van der Waals surface area contributed by atoms with Crippen LogP contribution in [-0.4, -0.2) is 52.7 Å². The van der Waals surface area contributed by atoms with Crippen LogP contribution in [-0.2, 0) is 11.8 Å². The molecule has 0 bridgehead atoms. The molecule has 1 atom stereocenters. The number of ether oxygens (including phenoxy) is 1. The van der Waals surface area contributed by atoms with E-state index in [4.69, 9.17) is 4.74 Å². The molecule has 3 rings (SSSR count). The Hall–Kier alpha value is -2.83. The summed E-state index contributed by atoms with van der Waals surface area (Å²) in [5, 5.41) is 4.13. The lowest BCUT2D eigenvalue weighted by Crippen LogP contribution is -2.57. The molecular formula is C17H20N4O3. The molecule has 1 saturated heterocycles. The minimum atomic E-state index is -0.217. The lowest BCUT2D eigenvalue weighted by molar-refractivity contribution is -0.121. The second-order valence-electron chi connectivity index (χ2n) is 5.86. The standard InChI is InChI=1S/C17H20N4O3/c1-12-10-21(13-4-6-14(24-3)7-5-13)16(22)11-20(12)17(23)15-8-9-19(2)18-15/h4-9,12H,10-11H2,1-3H3. The minimum Gasteiger partial charge on any atom is -0.497 e. The van der Waals surface area contributed by atoms with Gasteiger partial charge in [0, 0.05) is 31.5 Å². The van der Waals surface area contributed by atoms with Crippen LogP contribution in [0.5, 0.6) is 5.75 Å². The van der Waals surface area contributed by atoms with Crippen molar-refractivity contribution in [1.82, 2.24) is 14.7 Å². The van der Waals surface area contributed by atoms with Crippen LogP contribution in [0.2, 0.25) is 0 Å². The summed E-state index contributed by atoms with van der Waals surface area (Å²) >= 11 is 0. The molecule has 7 nitrogen and oxygen atoms in total. The number of carbonyl (C=O) groups excluding carboxylic acids is 2. The fraction of sp³-hybridized carbons (Fsp3) is 0.353. The molecule has 1 aliphatic heterocycles. The van der Waals surface area contributed by atoms with Gasteiger partial charge in [0.1, 0.15) is 18.0 Å². The number of amides is 2. The van der Waals surface area contributed by atoms with E-state index in [1.807, 2.05) is 31.2 Å². The van der Waals surface area contributed by atoms with Gasteiger partial charge in [-0.1, -0.05) is 0 Å². The molecule has 0 saturated carbocycles. The number of nitrogens with zero attached hydrogens (tertiary/aromatic N) is 4. The van der Waals surface area contributed by atoms with Crippen LogP contribution < -0.4 is 9.64 Å². The van der Waals surface area contributed by atoms with E-state index in [1.54, 1.807) is 40.9 Å². The van der Waals surface area contributed by atoms with Gasteiger partial charge >= 0.3 is 0 Å². The summed E-state index contributed by atoms with van der Waals surface area (Å²) < 4.78 is 6.72. The first-order valence-corrected chi connectivity index (χ1v) is 7.74. The molecule has 0 aliphatic carbocycles. The molecule has 2 heterocycles. The Kier molecular flexibility index (Phi) is 4.24. The third-order valence-electron chi connectivity index (χ3n) is 4.16. The molecule has 7 heteroatoms. The number of aromatic nitrogens is 2. The predicted octanol–water partition coefficient (Wildman–Crippen LogP) is 1.31. The zero-order valence-electron chi connectivity index (χ0n) is 14.0. The highest BCUT2D eigenvalue weighted by Crippen LogP contribution is 2.23. The Morgan fingerprint density at radius 3 is 2.54 bits per heavy atom. The van der Waals surface area contributed by atoms with Gasteiger partial charge in [-0.05, 0) is 37.3 Å². The predicted molar refractivity (Wildman–Crippen MR) is 89.1 cm³/mol. The van der Waals surface area contributed by atoms with Crippen LogP contribution in [0.1, 0.15) is 17.4 Å². The molecule has 2 amide bonds. The van der Waals surface area contributed by atoms with Crippen LogP contribution in [0.25, 0.3) is 0 Å². The highest BCUT2D eigenvalue weighted by Gasteiger charge is 2.34. The summed E-state index contributed by atoms with van der Waals surface area (Å²) in [4.78, 5) is 28.4. The van der Waals surface area contributed by atoms with Crippen LogP contribution in [0.4, 0.5) is 5.69 Å². The van der Waals surface area contributed by atoms with Gasteiger partial charge in [-0.25, -0.2) is 0 Å². The summed E-state index contributed by atoms with van der Waals surface area (Å²) in [6.45, 7) is 2.43. The maximum Gasteiger partial charge on any atom is 0.275 e. The van der Waals surface area contributed by atoms with Gasteiger partial charge in [0.25, 0.3) is 5.91 Å². The van der Waals surface area contributed by atoms with Crippen LogP contribution in [0, 0.1) is 0 Å². The second kappa shape index (κ2) is 6.35. The van der Waals surface area contributed by atoms with E-state index in [1.165, 1.54) is 0 Å². The number of hydrogen-bond acceptors (Lipinski definition) is 4. The molecule has 2 aromatic rings. The first kappa shape index (κ1) is 16.0. The van der Waals surface area contributed by atoms with E-state index in [2.05, 4.69) is 5.10 Å². The SMILES string of the molecule is COc1ccc(N2CC(C)N(C(=O)c3ccn(C)n3)CC2=O)cc1. The topological polar surface area (TPSA) is 67.7 Å². The second-order valence-corrected chi connectivity index (χ2v) is 5.86. The number of hydrogen-bond donors (Lipinski definition) is 0. The van der Waals surface area contributed by atoms with Crippen molar-refractivity contribution in [2.24, 2.45) is 7.05 Å². The van der Waals surface area contributed by atoms with E-state index in [0.29, 0.717) is 12.2 Å². The van der Waals surface area contributed by atoms with Crippen LogP contribution in [0.3, 0.4) is 0 Å². The molecule has 0 radical (unpaired) electrons. The van der Waals surface area contributed by atoms with E-state index >= 15 is 0 Å². The fourth-order valence-electron chi connectivity index (χ4n) is 2.81. The van der Waals surface area contributed by atoms with Gasteiger partial charge in [-0.3, -0.25) is 14.3 Å². The highest BCUT2D eigenvalue weighted by molar-refractivity contribution is 6.01. The molecule has 126 valence electrons. The summed E-state index contributed by atoms with van der Waals surface area (Å²) in [6, 6.07) is 8.89. The summed E-state index contributed by atoms with van der Waals surface area (Å²) in [5.41, 5.74) is 1.16. The van der Waals surface area contributed by atoms with Gasteiger partial charge in [0.05, 0.1) is 7.11 Å². The van der Waals surface area contributed by atoms with Gasteiger partial charge in [0.15, 0.2) is 0 Å². The molecule has 24 heavy (non-hydrogen) atoms. The zero-order valence-corrected chi connectivity index (χ0v) is 14.0. The average molecular weight is 328 g/mol. The molecule has 1 aromatic carbocycles. The first-order valence-electron chi connectivity index (χ1n) is 7.74. The van der Waals surface area contributed by atoms with Crippen molar-refractivity contribution in [3.8, 4) is 5.75 Å². The smallest absolute Gasteiger partial charge is 0.275 e. The maximum atomic E-state index is 12.6. The van der Waals surface area contributed by atoms with Gasteiger partial charge in [0.2, 0.25) is 5.91 Å². The van der Waals surface area contributed by atoms with Crippen molar-refractivity contribution < 1.29 is 14.3 Å². The Bertz CT molecular complexity index is 753. The number of anilines is 1. The normalized spacial score (nSPS) is 18.0. The van der Waals surface area contributed by atoms with Crippen LogP contribution >= 0.6 is 0 Å². The number of carbonyl (C=O) groups is 2. The highest BCUT2D eigenvalue weighted by atomic mass is 16.5. The fourth-order valence-corrected chi connectivity index (χ4v) is 2.81. The number of rotatable bonds is 3. The van der Waals surface area contributed by atoms with Gasteiger partial charge < -0.3 is 14.5 Å². The third kappa shape index (κ3) is 2.97. The summed E-state index contributed by atoms with van der Waals surface area (Å²) in [5.74, 6) is 0.414. The summed E-state index contributed by atoms with van der Waals surface area (Å²) in [6.07, 6.45) is 1.72. The van der Waals surface area contributed by atoms with Crippen molar-refractivity contribution in [2.45, 2.75) is 13.0 Å². The molecular weight excluding hydrogens is 308 g/mol. The maximum absolute atomic E-state index is 12.6. The Morgan fingerprint density at radius 1 is 1.25 bits per heavy atom. The van der Waals surface area contributed by atoms with Gasteiger partial charge in [-0.15, -0.1) is 0 Å². The Labute approximate surface area is 140 Å². The van der Waals surface area contributed by atoms with Crippen molar-refractivity contribution in [1.29, 1.82) is 0 Å².